The van der Waals surface area contributed by atoms with Gasteiger partial charge in [-0.1, -0.05) is 41.5 Å². The summed E-state index contributed by atoms with van der Waals surface area (Å²) in [4.78, 5) is 23.0. The van der Waals surface area contributed by atoms with Crippen LogP contribution >= 0.6 is 0 Å². The molecule has 0 aromatic rings. The molecule has 0 aliphatic rings. The molecule has 0 saturated carbocycles. The summed E-state index contributed by atoms with van der Waals surface area (Å²) in [5.41, 5.74) is -0.804. The molecule has 0 rings (SSSR count). The number of Topliss-reactive ketones (excluding diaryl/α,β-unsaturated/α-hetero) is 2. The maximum atomic E-state index is 11.5. The van der Waals surface area contributed by atoms with Crippen molar-refractivity contribution in [2.45, 2.75) is 48.0 Å². The van der Waals surface area contributed by atoms with Crippen LogP contribution in [0.15, 0.2) is 0 Å². The Balaban J connectivity index is 0. The normalized spacial score (nSPS) is 11.9. The fourth-order valence-corrected chi connectivity index (χ4v) is 0.676. The van der Waals surface area contributed by atoms with E-state index in [0.29, 0.717) is 0 Å². The van der Waals surface area contributed by atoms with Gasteiger partial charge < -0.3 is 0 Å². The first kappa shape index (κ1) is 16.6. The van der Waals surface area contributed by atoms with Crippen molar-refractivity contribution in [3.05, 3.63) is 0 Å². The average Bonchev–Trinajstić information content (AvgIpc) is 1.82. The van der Waals surface area contributed by atoms with Crippen molar-refractivity contribution < 1.29 is 9.59 Å². The third-order valence-electron chi connectivity index (χ3n) is 1.99. The molecule has 0 heterocycles. The molecular weight excluding hydrogens is 279 g/mol. The summed E-state index contributed by atoms with van der Waals surface area (Å²) in [6.07, 6.45) is 0.0625. The monoisotopic (exact) mass is 299 g/mol. The van der Waals surface area contributed by atoms with Crippen LogP contribution in [0.4, 0.5) is 0 Å². The number of carbonyl (C=O) groups is 2. The zero-order valence-electron chi connectivity index (χ0n) is 10.1. The summed E-state index contributed by atoms with van der Waals surface area (Å²) >= 11 is 0. The minimum absolute atomic E-state index is 0. The summed E-state index contributed by atoms with van der Waals surface area (Å²) < 4.78 is 0. The minimum Gasteiger partial charge on any atom is -0.299 e. The van der Waals surface area contributed by atoms with Gasteiger partial charge in [-0.15, -0.1) is 0 Å². The largest absolute Gasteiger partial charge is 1.00 e. The SMILES string of the molecule is CC(C)(C)C(=O)CC(=O)C(C)(C)C.[In+]. The second-order valence-corrected chi connectivity index (χ2v) is 5.52. The molecule has 0 unspecified atom stereocenters. The molecule has 0 spiro atoms. The molecule has 0 saturated heterocycles. The van der Waals surface area contributed by atoms with E-state index in [1.807, 2.05) is 41.5 Å². The van der Waals surface area contributed by atoms with Gasteiger partial charge in [0, 0.05) is 10.8 Å². The van der Waals surface area contributed by atoms with Crippen molar-refractivity contribution in [1.82, 2.24) is 0 Å². The van der Waals surface area contributed by atoms with Crippen LogP contribution in [0.1, 0.15) is 48.0 Å². The van der Waals surface area contributed by atoms with Crippen molar-refractivity contribution >= 4 is 37.4 Å². The van der Waals surface area contributed by atoms with Gasteiger partial charge in [0.1, 0.15) is 11.6 Å². The molecule has 0 fully saturated rings. The van der Waals surface area contributed by atoms with E-state index in [1.165, 1.54) is 0 Å². The molecule has 2 radical (unpaired) electrons. The number of ketones is 2. The summed E-state index contributed by atoms with van der Waals surface area (Å²) in [6.45, 7) is 11.0. The van der Waals surface area contributed by atoms with Crippen LogP contribution < -0.4 is 0 Å². The molecular formula is C11H20InO2+. The van der Waals surface area contributed by atoms with Crippen molar-refractivity contribution in [2.75, 3.05) is 0 Å². The Labute approximate surface area is 106 Å². The molecule has 2 nitrogen and oxygen atoms in total. The van der Waals surface area contributed by atoms with E-state index in [1.54, 1.807) is 0 Å². The molecule has 3 heteroatoms. The molecule has 14 heavy (non-hydrogen) atoms. The quantitative estimate of drug-likeness (QED) is 0.733. The van der Waals surface area contributed by atoms with Gasteiger partial charge in [0.05, 0.1) is 6.42 Å². The summed E-state index contributed by atoms with van der Waals surface area (Å²) in [6, 6.07) is 0. The smallest absolute Gasteiger partial charge is 0.299 e. The first-order chi connectivity index (χ1) is 5.55. The zero-order chi connectivity index (χ0) is 10.9. The Morgan fingerprint density at radius 2 is 1.00 bits per heavy atom. The average molecular weight is 299 g/mol. The van der Waals surface area contributed by atoms with Gasteiger partial charge in [-0.3, -0.25) is 9.59 Å². The predicted molar refractivity (Wildman–Crippen MR) is 59.3 cm³/mol. The predicted octanol–water partition coefficient (Wildman–Crippen LogP) is 2.23. The van der Waals surface area contributed by atoms with E-state index in [4.69, 9.17) is 0 Å². The van der Waals surface area contributed by atoms with E-state index in [9.17, 15) is 9.59 Å². The molecule has 0 aliphatic heterocycles. The minimum atomic E-state index is -0.402. The summed E-state index contributed by atoms with van der Waals surface area (Å²) in [5, 5.41) is 0. The van der Waals surface area contributed by atoms with Gasteiger partial charge in [0.2, 0.25) is 0 Å². The van der Waals surface area contributed by atoms with Crippen LogP contribution in [0.5, 0.6) is 0 Å². The van der Waals surface area contributed by atoms with Crippen LogP contribution in [0.3, 0.4) is 0 Å². The Morgan fingerprint density at radius 1 is 0.786 bits per heavy atom. The van der Waals surface area contributed by atoms with Gasteiger partial charge in [-0.05, 0) is 0 Å². The molecule has 78 valence electrons. The van der Waals surface area contributed by atoms with Crippen molar-refractivity contribution in [3.63, 3.8) is 0 Å². The number of rotatable bonds is 2. The first-order valence-corrected chi connectivity index (χ1v) is 4.62. The summed E-state index contributed by atoms with van der Waals surface area (Å²) in [7, 11) is 0. The fourth-order valence-electron chi connectivity index (χ4n) is 0.676. The summed E-state index contributed by atoms with van der Waals surface area (Å²) in [5.74, 6) is 0.0415. The van der Waals surface area contributed by atoms with E-state index < -0.39 is 10.8 Å². The Morgan fingerprint density at radius 3 is 1.14 bits per heavy atom. The van der Waals surface area contributed by atoms with Crippen molar-refractivity contribution in [3.8, 4) is 0 Å². The van der Waals surface area contributed by atoms with Crippen LogP contribution in [0.2, 0.25) is 0 Å². The Kier molecular flexibility index (Phi) is 6.34. The standard InChI is InChI=1S/C11H20O2.In/c1-10(2,3)8(12)7-9(13)11(4,5)6;/h7H2,1-6H3;/q;+1. The second kappa shape index (κ2) is 5.34. The number of hydrogen-bond donors (Lipinski definition) is 0. The van der Waals surface area contributed by atoms with Crippen molar-refractivity contribution in [2.24, 2.45) is 10.8 Å². The van der Waals surface area contributed by atoms with Crippen molar-refractivity contribution in [1.29, 1.82) is 0 Å². The maximum absolute atomic E-state index is 11.5. The Bertz CT molecular complexity index is 194. The van der Waals surface area contributed by atoms with Gasteiger partial charge >= 0.3 is 25.8 Å². The topological polar surface area (TPSA) is 34.1 Å². The molecule has 0 atom stereocenters. The third kappa shape index (κ3) is 5.84. The third-order valence-corrected chi connectivity index (χ3v) is 1.99. The first-order valence-electron chi connectivity index (χ1n) is 4.62. The Hall–Kier alpha value is 0.210. The molecule has 0 bridgehead atoms. The van der Waals surface area contributed by atoms with Crippen LogP contribution in [0.25, 0.3) is 0 Å². The second-order valence-electron chi connectivity index (χ2n) is 5.52. The molecule has 0 aliphatic carbocycles. The molecule has 0 aromatic carbocycles. The number of hydrogen-bond acceptors (Lipinski definition) is 2. The van der Waals surface area contributed by atoms with Gasteiger partial charge in [-0.2, -0.15) is 0 Å². The van der Waals surface area contributed by atoms with E-state index in [2.05, 4.69) is 0 Å². The molecule has 0 amide bonds. The van der Waals surface area contributed by atoms with Gasteiger partial charge in [0.15, 0.2) is 0 Å². The van der Waals surface area contributed by atoms with Crippen LogP contribution in [-0.2, 0) is 9.59 Å². The van der Waals surface area contributed by atoms with E-state index in [-0.39, 0.29) is 43.8 Å². The zero-order valence-corrected chi connectivity index (χ0v) is 13.4. The van der Waals surface area contributed by atoms with E-state index in [0.717, 1.165) is 0 Å². The molecule has 0 N–H and O–H groups in total. The van der Waals surface area contributed by atoms with Crippen LogP contribution in [0, 0.1) is 10.8 Å². The van der Waals surface area contributed by atoms with Crippen LogP contribution in [-0.4, -0.2) is 37.4 Å². The molecule has 0 aromatic heterocycles. The number of carbonyl (C=O) groups excluding carboxylic acids is 2. The fraction of sp³-hybridized carbons (Fsp3) is 0.818. The van der Waals surface area contributed by atoms with Gasteiger partial charge in [-0.25, -0.2) is 0 Å². The van der Waals surface area contributed by atoms with Gasteiger partial charge in [0.25, 0.3) is 0 Å². The maximum Gasteiger partial charge on any atom is 1.00 e. The van der Waals surface area contributed by atoms with E-state index >= 15 is 0 Å².